The maximum absolute atomic E-state index is 12.5. The average molecular weight is 292 g/mol. The first-order valence-electron chi connectivity index (χ1n) is 8.31. The molecule has 0 saturated carbocycles. The van der Waals surface area contributed by atoms with Crippen LogP contribution in [0.15, 0.2) is 11.6 Å². The van der Waals surface area contributed by atoms with E-state index in [-0.39, 0.29) is 0 Å². The molecule has 1 amide bonds. The van der Waals surface area contributed by atoms with E-state index in [4.69, 9.17) is 4.74 Å². The first kappa shape index (κ1) is 15.0. The molecule has 2 saturated heterocycles. The second-order valence-corrected chi connectivity index (χ2v) is 7.14. The van der Waals surface area contributed by atoms with E-state index in [0.717, 1.165) is 63.9 Å². The molecule has 118 valence electrons. The zero-order valence-corrected chi connectivity index (χ0v) is 13.4. The Balaban J connectivity index is 1.56. The van der Waals surface area contributed by atoms with Gasteiger partial charge in [0.25, 0.3) is 0 Å². The Bertz CT molecular complexity index is 425. The fraction of sp³-hybridized carbons (Fsp3) is 0.824. The van der Waals surface area contributed by atoms with Crippen LogP contribution >= 0.6 is 0 Å². The van der Waals surface area contributed by atoms with Gasteiger partial charge in [-0.05, 0) is 51.0 Å². The smallest absolute Gasteiger partial charge is 0.249 e. The number of likely N-dealkylation sites (tertiary alicyclic amines) is 2. The number of carbonyl (C=O) groups is 1. The molecule has 2 fully saturated rings. The molecule has 4 nitrogen and oxygen atoms in total. The number of carbonyl (C=O) groups excluding carboxylic acids is 1. The van der Waals surface area contributed by atoms with E-state index < -0.39 is 0 Å². The second-order valence-electron chi connectivity index (χ2n) is 7.14. The van der Waals surface area contributed by atoms with Gasteiger partial charge in [-0.1, -0.05) is 6.08 Å². The summed E-state index contributed by atoms with van der Waals surface area (Å²) in [6.45, 7) is 3.85. The van der Waals surface area contributed by atoms with E-state index >= 15 is 0 Å². The highest BCUT2D eigenvalue weighted by molar-refractivity contribution is 5.93. The lowest BCUT2D eigenvalue weighted by Crippen LogP contribution is -2.44. The molecule has 0 aromatic carbocycles. The van der Waals surface area contributed by atoms with Gasteiger partial charge in [0.2, 0.25) is 5.91 Å². The fourth-order valence-electron chi connectivity index (χ4n) is 4.37. The molecule has 1 unspecified atom stereocenters. The predicted octanol–water partition coefficient (Wildman–Crippen LogP) is 2.06. The predicted molar refractivity (Wildman–Crippen MR) is 83.1 cm³/mol. The molecular formula is C17H28N2O2. The zero-order valence-electron chi connectivity index (χ0n) is 13.4. The number of methoxy groups -OCH3 is 1. The van der Waals surface area contributed by atoms with Crippen LogP contribution in [0.2, 0.25) is 0 Å². The van der Waals surface area contributed by atoms with Gasteiger partial charge in [0.05, 0.1) is 6.61 Å². The van der Waals surface area contributed by atoms with Gasteiger partial charge >= 0.3 is 0 Å². The average Bonchev–Trinajstić information content (AvgIpc) is 3.09. The van der Waals surface area contributed by atoms with Crippen LogP contribution in [-0.2, 0) is 9.53 Å². The third kappa shape index (κ3) is 3.02. The Hall–Kier alpha value is -0.870. The monoisotopic (exact) mass is 292 g/mol. The molecule has 0 bridgehead atoms. The summed E-state index contributed by atoms with van der Waals surface area (Å²) < 4.78 is 5.34. The first-order chi connectivity index (χ1) is 10.1. The molecule has 0 aromatic rings. The van der Waals surface area contributed by atoms with Gasteiger partial charge in [-0.25, -0.2) is 0 Å². The van der Waals surface area contributed by atoms with Crippen LogP contribution in [0.1, 0.15) is 38.5 Å². The minimum Gasteiger partial charge on any atom is -0.383 e. The summed E-state index contributed by atoms with van der Waals surface area (Å²) >= 11 is 0. The summed E-state index contributed by atoms with van der Waals surface area (Å²) in [5, 5.41) is 0. The minimum atomic E-state index is 0.308. The molecule has 21 heavy (non-hydrogen) atoms. The van der Waals surface area contributed by atoms with E-state index in [9.17, 15) is 4.79 Å². The lowest BCUT2D eigenvalue weighted by molar-refractivity contribution is -0.129. The molecule has 0 aromatic heterocycles. The van der Waals surface area contributed by atoms with Crippen LogP contribution in [0.3, 0.4) is 0 Å². The van der Waals surface area contributed by atoms with Gasteiger partial charge in [-0.15, -0.1) is 0 Å². The summed E-state index contributed by atoms with van der Waals surface area (Å²) in [6, 6.07) is 0.551. The molecule has 2 heterocycles. The highest BCUT2D eigenvalue weighted by atomic mass is 16.5. The Morgan fingerprint density at radius 1 is 1.43 bits per heavy atom. The molecule has 0 radical (unpaired) electrons. The van der Waals surface area contributed by atoms with E-state index in [1.54, 1.807) is 7.11 Å². The van der Waals surface area contributed by atoms with Crippen LogP contribution in [0.25, 0.3) is 0 Å². The molecule has 3 rings (SSSR count). The number of amides is 1. The molecule has 1 spiro atoms. The summed E-state index contributed by atoms with van der Waals surface area (Å²) in [7, 11) is 3.99. The van der Waals surface area contributed by atoms with Gasteiger partial charge in [0.1, 0.15) is 0 Å². The number of ether oxygens (including phenoxy) is 1. The van der Waals surface area contributed by atoms with Crippen molar-refractivity contribution in [2.75, 3.05) is 40.4 Å². The van der Waals surface area contributed by atoms with Crippen molar-refractivity contribution >= 4 is 5.91 Å². The van der Waals surface area contributed by atoms with Crippen molar-refractivity contribution < 1.29 is 9.53 Å². The van der Waals surface area contributed by atoms with E-state index in [1.165, 1.54) is 6.42 Å². The number of hydrogen-bond donors (Lipinski definition) is 0. The van der Waals surface area contributed by atoms with Crippen molar-refractivity contribution in [3.8, 4) is 0 Å². The number of piperidine rings is 1. The normalized spacial score (nSPS) is 29.1. The zero-order chi connectivity index (χ0) is 14.9. The topological polar surface area (TPSA) is 32.8 Å². The minimum absolute atomic E-state index is 0.308. The van der Waals surface area contributed by atoms with Crippen LogP contribution in [0.5, 0.6) is 0 Å². The fourth-order valence-corrected chi connectivity index (χ4v) is 4.37. The van der Waals surface area contributed by atoms with E-state index in [1.807, 2.05) is 0 Å². The summed E-state index contributed by atoms with van der Waals surface area (Å²) in [5.41, 5.74) is 1.48. The standard InChI is InChI=1S/C17H28N2O2/c1-18-13-17(11-15(18)12-21-2)7-9-19(10-8-17)16(20)14-5-3-4-6-14/h5,15H,3-4,6-13H2,1-2H3. The molecule has 3 aliphatic rings. The van der Waals surface area contributed by atoms with Crippen molar-refractivity contribution in [3.05, 3.63) is 11.6 Å². The lowest BCUT2D eigenvalue weighted by atomic mass is 9.76. The van der Waals surface area contributed by atoms with Gasteiger partial charge in [0.15, 0.2) is 0 Å². The van der Waals surface area contributed by atoms with Crippen LogP contribution in [0.4, 0.5) is 0 Å². The molecule has 0 N–H and O–H groups in total. The summed E-state index contributed by atoms with van der Waals surface area (Å²) in [4.78, 5) is 17.0. The first-order valence-corrected chi connectivity index (χ1v) is 8.31. The molecule has 1 aliphatic carbocycles. The van der Waals surface area contributed by atoms with Crippen molar-refractivity contribution in [1.29, 1.82) is 0 Å². The Morgan fingerprint density at radius 2 is 2.19 bits per heavy atom. The Labute approximate surface area is 128 Å². The van der Waals surface area contributed by atoms with Gasteiger partial charge < -0.3 is 14.5 Å². The van der Waals surface area contributed by atoms with Gasteiger partial charge in [-0.3, -0.25) is 4.79 Å². The SMILES string of the molecule is COCC1CC2(CCN(C(=O)C3=CCCC3)CC2)CN1C. The highest BCUT2D eigenvalue weighted by Gasteiger charge is 2.44. The quantitative estimate of drug-likeness (QED) is 0.798. The number of hydrogen-bond acceptors (Lipinski definition) is 3. The van der Waals surface area contributed by atoms with E-state index in [2.05, 4.69) is 22.9 Å². The molecular weight excluding hydrogens is 264 g/mol. The lowest BCUT2D eigenvalue weighted by Gasteiger charge is -2.39. The number of allylic oxidation sites excluding steroid dienone is 1. The van der Waals surface area contributed by atoms with Crippen LogP contribution < -0.4 is 0 Å². The second kappa shape index (κ2) is 6.09. The Kier molecular flexibility index (Phi) is 4.36. The highest BCUT2D eigenvalue weighted by Crippen LogP contribution is 2.43. The van der Waals surface area contributed by atoms with Gasteiger partial charge in [0, 0.05) is 38.4 Å². The van der Waals surface area contributed by atoms with Crippen molar-refractivity contribution in [3.63, 3.8) is 0 Å². The summed E-state index contributed by atoms with van der Waals surface area (Å²) in [5.74, 6) is 0.308. The molecule has 2 aliphatic heterocycles. The Morgan fingerprint density at radius 3 is 2.81 bits per heavy atom. The molecule has 4 heteroatoms. The number of rotatable bonds is 3. The van der Waals surface area contributed by atoms with Crippen LogP contribution in [-0.4, -0.2) is 62.1 Å². The number of nitrogens with zero attached hydrogens (tertiary/aromatic N) is 2. The van der Waals surface area contributed by atoms with Crippen LogP contribution in [0, 0.1) is 5.41 Å². The van der Waals surface area contributed by atoms with Crippen molar-refractivity contribution in [1.82, 2.24) is 9.80 Å². The maximum Gasteiger partial charge on any atom is 0.249 e. The number of likely N-dealkylation sites (N-methyl/N-ethyl adjacent to an activating group) is 1. The third-order valence-electron chi connectivity index (χ3n) is 5.66. The third-order valence-corrected chi connectivity index (χ3v) is 5.66. The van der Waals surface area contributed by atoms with Gasteiger partial charge in [-0.2, -0.15) is 0 Å². The van der Waals surface area contributed by atoms with Crippen molar-refractivity contribution in [2.45, 2.75) is 44.6 Å². The summed E-state index contributed by atoms with van der Waals surface area (Å²) in [6.07, 6.45) is 8.89. The maximum atomic E-state index is 12.5. The molecule has 1 atom stereocenters. The van der Waals surface area contributed by atoms with Crippen molar-refractivity contribution in [2.24, 2.45) is 5.41 Å². The van der Waals surface area contributed by atoms with E-state index in [0.29, 0.717) is 17.4 Å². The largest absolute Gasteiger partial charge is 0.383 e.